The molecule has 0 aromatic carbocycles. The van der Waals surface area contributed by atoms with E-state index in [9.17, 15) is 4.57 Å². The monoisotopic (exact) mass is 190 g/mol. The van der Waals surface area contributed by atoms with Crippen LogP contribution in [0.15, 0.2) is 0 Å². The fraction of sp³-hybridized carbons (Fsp3) is 0.857. The maximum atomic E-state index is 11.6. The van der Waals surface area contributed by atoms with Gasteiger partial charge in [-0.2, -0.15) is 5.26 Å². The highest BCUT2D eigenvalue weighted by molar-refractivity contribution is 7.61. The zero-order valence-electron chi connectivity index (χ0n) is 7.94. The van der Waals surface area contributed by atoms with E-state index < -0.39 is 7.52 Å². The van der Waals surface area contributed by atoms with Gasteiger partial charge in [-0.25, -0.2) is 4.67 Å². The van der Waals surface area contributed by atoms with Gasteiger partial charge >= 0.3 is 7.52 Å². The van der Waals surface area contributed by atoms with Crippen LogP contribution < -0.4 is 0 Å². The first-order chi connectivity index (χ1) is 5.46. The summed E-state index contributed by atoms with van der Waals surface area (Å²) in [5.41, 5.74) is 0. The van der Waals surface area contributed by atoms with Crippen molar-refractivity contribution in [3.63, 3.8) is 0 Å². The molecule has 0 saturated heterocycles. The summed E-state index contributed by atoms with van der Waals surface area (Å²) >= 11 is 0. The summed E-state index contributed by atoms with van der Waals surface area (Å²) in [5.74, 6) is 1.70. The van der Waals surface area contributed by atoms with Crippen LogP contribution in [0.3, 0.4) is 0 Å². The third-order valence-corrected chi connectivity index (χ3v) is 3.50. The average Bonchev–Trinajstić information content (AvgIpc) is 2.03. The summed E-state index contributed by atoms with van der Waals surface area (Å²) < 4.78 is 18.0. The van der Waals surface area contributed by atoms with E-state index in [1.165, 1.54) is 4.67 Å². The van der Waals surface area contributed by atoms with Crippen molar-refractivity contribution in [2.24, 2.45) is 0 Å². The van der Waals surface area contributed by atoms with Gasteiger partial charge in [0.1, 0.15) is 0 Å². The summed E-state index contributed by atoms with van der Waals surface area (Å²) in [5, 5.41) is 8.62. The second-order valence-corrected chi connectivity index (χ2v) is 5.04. The van der Waals surface area contributed by atoms with Crippen LogP contribution in [0.1, 0.15) is 20.3 Å². The van der Waals surface area contributed by atoms with Crippen molar-refractivity contribution in [2.45, 2.75) is 26.4 Å². The maximum Gasteiger partial charge on any atom is 0.370 e. The molecule has 2 unspecified atom stereocenters. The zero-order valence-corrected chi connectivity index (χ0v) is 8.84. The molecule has 0 rings (SSSR count). The molecule has 12 heavy (non-hydrogen) atoms. The molecule has 0 aromatic rings. The molecule has 5 heteroatoms. The van der Waals surface area contributed by atoms with Crippen molar-refractivity contribution in [1.82, 2.24) is 4.67 Å². The van der Waals surface area contributed by atoms with E-state index >= 15 is 0 Å². The van der Waals surface area contributed by atoms with Crippen molar-refractivity contribution in [1.29, 1.82) is 5.26 Å². The molecule has 0 amide bonds. The quantitative estimate of drug-likeness (QED) is 0.636. The van der Waals surface area contributed by atoms with E-state index in [0.29, 0.717) is 0 Å². The lowest BCUT2D eigenvalue weighted by atomic mass is 10.3. The SMILES string of the molecule is CCC(C)OP(=O)(C#N)N(C)C. The third-order valence-electron chi connectivity index (χ3n) is 1.55. The summed E-state index contributed by atoms with van der Waals surface area (Å²) in [7, 11) is -0.0544. The molecule has 0 radical (unpaired) electrons. The minimum Gasteiger partial charge on any atom is -0.304 e. The molecule has 4 nitrogen and oxygen atoms in total. The second kappa shape index (κ2) is 4.61. The minimum absolute atomic E-state index is 0.141. The Labute approximate surface area is 73.6 Å². The van der Waals surface area contributed by atoms with E-state index in [-0.39, 0.29) is 6.10 Å². The molecule has 0 aliphatic heterocycles. The Morgan fingerprint density at radius 3 is 2.42 bits per heavy atom. The van der Waals surface area contributed by atoms with Crippen LogP contribution in [0.5, 0.6) is 0 Å². The van der Waals surface area contributed by atoms with Gasteiger partial charge < -0.3 is 4.52 Å². The molecule has 0 N–H and O–H groups in total. The van der Waals surface area contributed by atoms with Gasteiger partial charge in [-0.1, -0.05) is 6.92 Å². The topological polar surface area (TPSA) is 53.3 Å². The molecule has 2 atom stereocenters. The first-order valence-electron chi connectivity index (χ1n) is 3.84. The van der Waals surface area contributed by atoms with Crippen molar-refractivity contribution in [2.75, 3.05) is 14.1 Å². The van der Waals surface area contributed by atoms with Crippen LogP contribution in [0, 0.1) is 11.1 Å². The highest BCUT2D eigenvalue weighted by atomic mass is 31.2. The fourth-order valence-corrected chi connectivity index (χ4v) is 1.58. The van der Waals surface area contributed by atoms with Gasteiger partial charge in [-0.05, 0) is 27.4 Å². The highest BCUT2D eigenvalue weighted by Crippen LogP contribution is 2.48. The van der Waals surface area contributed by atoms with Gasteiger partial charge in [0.25, 0.3) is 0 Å². The van der Waals surface area contributed by atoms with Crippen molar-refractivity contribution in [3.8, 4) is 5.81 Å². The Hall–Kier alpha value is -0.360. The Morgan fingerprint density at radius 1 is 1.67 bits per heavy atom. The molecule has 0 spiro atoms. The lowest BCUT2D eigenvalue weighted by Crippen LogP contribution is -2.14. The molecular formula is C7H15N2O2P. The van der Waals surface area contributed by atoms with Gasteiger partial charge in [0.15, 0.2) is 5.81 Å². The van der Waals surface area contributed by atoms with E-state index in [2.05, 4.69) is 0 Å². The van der Waals surface area contributed by atoms with Gasteiger partial charge in [-0.15, -0.1) is 0 Å². The predicted molar refractivity (Wildman–Crippen MR) is 47.7 cm³/mol. The van der Waals surface area contributed by atoms with E-state index in [4.69, 9.17) is 9.79 Å². The first-order valence-corrected chi connectivity index (χ1v) is 5.41. The van der Waals surface area contributed by atoms with Crippen LogP contribution in [0.2, 0.25) is 0 Å². The number of nitriles is 1. The molecule has 0 saturated carbocycles. The molecule has 0 heterocycles. The van der Waals surface area contributed by atoms with Crippen molar-refractivity contribution >= 4 is 7.52 Å². The van der Waals surface area contributed by atoms with Crippen LogP contribution in [0.4, 0.5) is 0 Å². The van der Waals surface area contributed by atoms with Gasteiger partial charge in [-0.3, -0.25) is 4.57 Å². The zero-order chi connectivity index (χ0) is 9.78. The van der Waals surface area contributed by atoms with Crippen LogP contribution in [0.25, 0.3) is 0 Å². The minimum atomic E-state index is -3.21. The number of hydrogen-bond donors (Lipinski definition) is 0. The maximum absolute atomic E-state index is 11.6. The van der Waals surface area contributed by atoms with Crippen molar-refractivity contribution < 1.29 is 9.09 Å². The van der Waals surface area contributed by atoms with Gasteiger partial charge in [0, 0.05) is 0 Å². The molecule has 0 aromatic heterocycles. The molecular weight excluding hydrogens is 175 g/mol. The van der Waals surface area contributed by atoms with Crippen LogP contribution >= 0.6 is 7.52 Å². The smallest absolute Gasteiger partial charge is 0.304 e. The Morgan fingerprint density at radius 2 is 2.17 bits per heavy atom. The largest absolute Gasteiger partial charge is 0.370 e. The average molecular weight is 190 g/mol. The summed E-state index contributed by atoms with van der Waals surface area (Å²) in [4.78, 5) is 0. The van der Waals surface area contributed by atoms with Gasteiger partial charge in [0.05, 0.1) is 6.10 Å². The summed E-state index contributed by atoms with van der Waals surface area (Å²) in [6.45, 7) is 3.72. The standard InChI is InChI=1S/C7H15N2O2P/c1-5-7(2)11-12(10,6-8)9(3)4/h7H,5H2,1-4H3. The highest BCUT2D eigenvalue weighted by Gasteiger charge is 2.27. The first kappa shape index (κ1) is 11.6. The molecule has 0 fully saturated rings. The van der Waals surface area contributed by atoms with Crippen LogP contribution in [-0.2, 0) is 9.09 Å². The Kier molecular flexibility index (Phi) is 4.47. The lowest BCUT2D eigenvalue weighted by Gasteiger charge is -2.20. The third kappa shape index (κ3) is 2.94. The van der Waals surface area contributed by atoms with E-state index in [1.54, 1.807) is 26.8 Å². The number of nitrogens with zero attached hydrogens (tertiary/aromatic N) is 2. The molecule has 0 aliphatic carbocycles. The normalized spacial score (nSPS) is 18.3. The molecule has 70 valence electrons. The number of hydrogen-bond acceptors (Lipinski definition) is 3. The summed E-state index contributed by atoms with van der Waals surface area (Å²) in [6, 6.07) is 0. The lowest BCUT2D eigenvalue weighted by molar-refractivity contribution is 0.206. The van der Waals surface area contributed by atoms with E-state index in [0.717, 1.165) is 6.42 Å². The van der Waals surface area contributed by atoms with Crippen molar-refractivity contribution in [3.05, 3.63) is 0 Å². The number of rotatable bonds is 4. The molecule has 0 aliphatic rings. The van der Waals surface area contributed by atoms with Gasteiger partial charge in [0.2, 0.25) is 0 Å². The Balaban J connectivity index is 4.39. The van der Waals surface area contributed by atoms with Crippen LogP contribution in [-0.4, -0.2) is 24.9 Å². The Bertz CT molecular complexity index is 222. The fourth-order valence-electron chi connectivity index (χ4n) is 0.526. The second-order valence-electron chi connectivity index (χ2n) is 2.79. The predicted octanol–water partition coefficient (Wildman–Crippen LogP) is 2.04. The summed E-state index contributed by atoms with van der Waals surface area (Å²) in [6.07, 6.45) is 0.609. The molecule has 0 bridgehead atoms. The van der Waals surface area contributed by atoms with E-state index in [1.807, 2.05) is 6.92 Å².